The van der Waals surface area contributed by atoms with Crippen LogP contribution in [0, 0.1) is 0 Å². The van der Waals surface area contributed by atoms with Gasteiger partial charge in [-0.2, -0.15) is 0 Å². The van der Waals surface area contributed by atoms with E-state index in [1.54, 1.807) is 0 Å². The fourth-order valence-electron chi connectivity index (χ4n) is 3.25. The third-order valence-electron chi connectivity index (χ3n) is 5.19. The minimum absolute atomic E-state index is 0.218. The molecule has 6 N–H and O–H groups in total. The number of aliphatic hydroxyl groups excluding tert-OH is 5. The molecule has 10 nitrogen and oxygen atoms in total. The zero-order valence-corrected chi connectivity index (χ0v) is 15.8. The smallest absolute Gasteiger partial charge is 0.186 e. The summed E-state index contributed by atoms with van der Waals surface area (Å²) in [7, 11) is 0. The van der Waals surface area contributed by atoms with Gasteiger partial charge in [-0.3, -0.25) is 0 Å². The van der Waals surface area contributed by atoms with E-state index in [0.29, 0.717) is 6.42 Å². The van der Waals surface area contributed by atoms with E-state index in [-0.39, 0.29) is 19.8 Å². The molecule has 3 rings (SSSR count). The molecule has 2 saturated heterocycles. The molecule has 164 valence electrons. The predicted octanol–water partition coefficient (Wildman–Crippen LogP) is -2.49. The molecule has 1 aromatic carbocycles. The molecular formula is C19H28O10. The van der Waals surface area contributed by atoms with Gasteiger partial charge in [-0.15, -0.1) is 0 Å². The Morgan fingerprint density at radius 3 is 2.34 bits per heavy atom. The molecule has 2 aliphatic heterocycles. The lowest BCUT2D eigenvalue weighted by Gasteiger charge is -2.40. The topological polar surface area (TPSA) is 158 Å². The Bertz CT molecular complexity index is 631. The Labute approximate surface area is 167 Å². The van der Waals surface area contributed by atoms with Crippen molar-refractivity contribution in [1.29, 1.82) is 0 Å². The summed E-state index contributed by atoms with van der Waals surface area (Å²) in [5.41, 5.74) is -0.808. The van der Waals surface area contributed by atoms with E-state index in [9.17, 15) is 25.5 Å². The SMILES string of the molecule is OC[C@@]1(O)CO[C@H](OC[C@H]2O[C@H](OCCc3ccccc3)[C@H](O)[C@@H](O)[C@@H]2O)[C@@H]1O. The summed E-state index contributed by atoms with van der Waals surface area (Å²) in [6.45, 7) is -1.13. The monoisotopic (exact) mass is 416 g/mol. The third kappa shape index (κ3) is 5.12. The van der Waals surface area contributed by atoms with Gasteiger partial charge in [0.05, 0.1) is 26.4 Å². The average molecular weight is 416 g/mol. The fraction of sp³-hybridized carbons (Fsp3) is 0.684. The summed E-state index contributed by atoms with van der Waals surface area (Å²) in [5.74, 6) is 0. The maximum Gasteiger partial charge on any atom is 0.186 e. The van der Waals surface area contributed by atoms with Crippen LogP contribution >= 0.6 is 0 Å². The van der Waals surface area contributed by atoms with Crippen LogP contribution in [0.15, 0.2) is 30.3 Å². The zero-order valence-electron chi connectivity index (χ0n) is 15.8. The molecule has 2 aliphatic rings. The summed E-state index contributed by atoms with van der Waals surface area (Å²) in [4.78, 5) is 0. The van der Waals surface area contributed by atoms with Crippen molar-refractivity contribution in [2.75, 3.05) is 26.4 Å². The lowest BCUT2D eigenvalue weighted by Crippen LogP contribution is -2.59. The van der Waals surface area contributed by atoms with E-state index in [1.165, 1.54) is 0 Å². The third-order valence-corrected chi connectivity index (χ3v) is 5.19. The molecule has 0 amide bonds. The molecule has 10 heteroatoms. The summed E-state index contributed by atoms with van der Waals surface area (Å²) in [5, 5.41) is 59.5. The molecule has 0 spiro atoms. The molecule has 2 heterocycles. The second-order valence-corrected chi connectivity index (χ2v) is 7.34. The number of aliphatic hydroxyl groups is 6. The van der Waals surface area contributed by atoms with Crippen molar-refractivity contribution in [3.8, 4) is 0 Å². The van der Waals surface area contributed by atoms with Gasteiger partial charge in [0.1, 0.15) is 36.1 Å². The normalized spacial score (nSPS) is 40.3. The van der Waals surface area contributed by atoms with Crippen LogP contribution in [0.4, 0.5) is 0 Å². The van der Waals surface area contributed by atoms with Gasteiger partial charge in [0.15, 0.2) is 12.6 Å². The van der Waals surface area contributed by atoms with E-state index < -0.39 is 55.3 Å². The fourth-order valence-corrected chi connectivity index (χ4v) is 3.25. The van der Waals surface area contributed by atoms with Gasteiger partial charge in [-0.05, 0) is 12.0 Å². The van der Waals surface area contributed by atoms with Crippen LogP contribution in [0.2, 0.25) is 0 Å². The van der Waals surface area contributed by atoms with Crippen molar-refractivity contribution >= 4 is 0 Å². The van der Waals surface area contributed by atoms with Crippen molar-refractivity contribution in [3.63, 3.8) is 0 Å². The number of rotatable bonds is 8. The minimum atomic E-state index is -1.84. The predicted molar refractivity (Wildman–Crippen MR) is 96.5 cm³/mol. The van der Waals surface area contributed by atoms with Crippen LogP contribution in [-0.4, -0.2) is 106 Å². The molecule has 0 bridgehead atoms. The quantitative estimate of drug-likeness (QED) is 0.268. The average Bonchev–Trinajstić information content (AvgIpc) is 3.02. The van der Waals surface area contributed by atoms with Crippen LogP contribution in [-0.2, 0) is 25.4 Å². The van der Waals surface area contributed by atoms with E-state index >= 15 is 0 Å². The Morgan fingerprint density at radius 1 is 0.966 bits per heavy atom. The van der Waals surface area contributed by atoms with Crippen molar-refractivity contribution < 1.29 is 49.6 Å². The van der Waals surface area contributed by atoms with Gasteiger partial charge in [0, 0.05) is 0 Å². The van der Waals surface area contributed by atoms with Gasteiger partial charge in [-0.25, -0.2) is 0 Å². The largest absolute Gasteiger partial charge is 0.393 e. The van der Waals surface area contributed by atoms with Crippen molar-refractivity contribution in [2.45, 2.75) is 55.1 Å². The van der Waals surface area contributed by atoms with Crippen molar-refractivity contribution in [1.82, 2.24) is 0 Å². The zero-order chi connectivity index (χ0) is 21.0. The van der Waals surface area contributed by atoms with Gasteiger partial charge >= 0.3 is 0 Å². The van der Waals surface area contributed by atoms with E-state index in [0.717, 1.165) is 5.56 Å². The summed E-state index contributed by atoms with van der Waals surface area (Å²) in [6.07, 6.45) is -8.88. The standard InChI is InChI=1S/C19H28O10/c20-9-19(25)10-28-18(16(19)24)27-8-12-13(21)14(22)15(23)17(29-12)26-7-6-11-4-2-1-3-5-11/h1-5,12-18,20-25H,6-10H2/t12-,13-,14+,15-,16+,17+,18+,19-/m1/s1. The summed E-state index contributed by atoms with van der Waals surface area (Å²) in [6, 6.07) is 9.54. The number of ether oxygens (including phenoxy) is 4. The van der Waals surface area contributed by atoms with Gasteiger partial charge < -0.3 is 49.6 Å². The van der Waals surface area contributed by atoms with Crippen LogP contribution in [0.5, 0.6) is 0 Å². The van der Waals surface area contributed by atoms with Crippen LogP contribution in [0.1, 0.15) is 5.56 Å². The first-order valence-corrected chi connectivity index (χ1v) is 9.45. The number of benzene rings is 1. The Hall–Kier alpha value is -1.18. The summed E-state index contributed by atoms with van der Waals surface area (Å²) < 4.78 is 21.6. The Morgan fingerprint density at radius 2 is 1.69 bits per heavy atom. The highest BCUT2D eigenvalue weighted by atomic mass is 16.7. The van der Waals surface area contributed by atoms with E-state index in [1.807, 2.05) is 30.3 Å². The maximum absolute atomic E-state index is 10.2. The molecule has 0 unspecified atom stereocenters. The maximum atomic E-state index is 10.2. The van der Waals surface area contributed by atoms with Crippen molar-refractivity contribution in [3.05, 3.63) is 35.9 Å². The number of hydrogen-bond acceptors (Lipinski definition) is 10. The second kappa shape index (κ2) is 9.75. The summed E-state index contributed by atoms with van der Waals surface area (Å²) >= 11 is 0. The second-order valence-electron chi connectivity index (χ2n) is 7.34. The molecule has 8 atom stereocenters. The number of hydrogen-bond donors (Lipinski definition) is 6. The molecule has 0 saturated carbocycles. The van der Waals surface area contributed by atoms with Gasteiger partial charge in [0.25, 0.3) is 0 Å². The Balaban J connectivity index is 1.52. The first-order valence-electron chi connectivity index (χ1n) is 9.45. The van der Waals surface area contributed by atoms with E-state index in [4.69, 9.17) is 24.1 Å². The van der Waals surface area contributed by atoms with Crippen LogP contribution < -0.4 is 0 Å². The highest BCUT2D eigenvalue weighted by molar-refractivity contribution is 5.14. The molecule has 0 aromatic heterocycles. The van der Waals surface area contributed by atoms with Gasteiger partial charge in [-0.1, -0.05) is 30.3 Å². The lowest BCUT2D eigenvalue weighted by molar-refractivity contribution is -0.309. The van der Waals surface area contributed by atoms with E-state index in [2.05, 4.69) is 0 Å². The molecule has 0 aliphatic carbocycles. The first kappa shape index (κ1) is 22.5. The van der Waals surface area contributed by atoms with Gasteiger partial charge in [0.2, 0.25) is 0 Å². The molecule has 2 fully saturated rings. The first-order chi connectivity index (χ1) is 13.9. The minimum Gasteiger partial charge on any atom is -0.393 e. The molecule has 1 aromatic rings. The Kier molecular flexibility index (Phi) is 7.57. The van der Waals surface area contributed by atoms with Crippen molar-refractivity contribution in [2.24, 2.45) is 0 Å². The van der Waals surface area contributed by atoms with Crippen LogP contribution in [0.25, 0.3) is 0 Å². The lowest BCUT2D eigenvalue weighted by atomic mass is 9.99. The highest BCUT2D eigenvalue weighted by Crippen LogP contribution is 2.27. The highest BCUT2D eigenvalue weighted by Gasteiger charge is 2.50. The van der Waals surface area contributed by atoms with Crippen LogP contribution in [0.3, 0.4) is 0 Å². The molecular weight excluding hydrogens is 388 g/mol. The molecule has 0 radical (unpaired) electrons. The molecule has 29 heavy (non-hydrogen) atoms.